The molecule has 1 aromatic carbocycles. The van der Waals surface area contributed by atoms with Crippen molar-refractivity contribution in [2.75, 3.05) is 5.73 Å². The van der Waals surface area contributed by atoms with E-state index in [2.05, 4.69) is 17.1 Å². The van der Waals surface area contributed by atoms with E-state index in [1.807, 2.05) is 47.7 Å². The van der Waals surface area contributed by atoms with Gasteiger partial charge in [0.1, 0.15) is 11.5 Å². The van der Waals surface area contributed by atoms with E-state index in [1.54, 1.807) is 0 Å². The van der Waals surface area contributed by atoms with Crippen molar-refractivity contribution < 1.29 is 0 Å². The summed E-state index contributed by atoms with van der Waals surface area (Å²) in [6.07, 6.45) is 0.772. The molecule has 0 fully saturated rings. The van der Waals surface area contributed by atoms with Gasteiger partial charge in [-0.3, -0.25) is 4.40 Å². The Bertz CT molecular complexity index is 684. The average Bonchev–Trinajstić information content (AvgIpc) is 2.69. The number of nitrogen functional groups attached to an aromatic ring is 1. The van der Waals surface area contributed by atoms with Crippen molar-refractivity contribution >= 4 is 11.5 Å². The van der Waals surface area contributed by atoms with Crippen molar-refractivity contribution in [1.29, 1.82) is 0 Å². The molecule has 0 saturated heterocycles. The van der Waals surface area contributed by atoms with E-state index in [0.29, 0.717) is 0 Å². The lowest BCUT2D eigenvalue weighted by atomic mass is 10.1. The van der Waals surface area contributed by atoms with E-state index in [9.17, 15) is 0 Å². The summed E-state index contributed by atoms with van der Waals surface area (Å²) in [5.41, 5.74) is 10.4. The summed E-state index contributed by atoms with van der Waals surface area (Å²) < 4.78 is 2.00. The monoisotopic (exact) mass is 237 g/mol. The zero-order valence-electron chi connectivity index (χ0n) is 10.3. The van der Waals surface area contributed by atoms with E-state index < -0.39 is 0 Å². The molecule has 0 radical (unpaired) electrons. The Labute approximate surface area is 106 Å². The number of rotatable bonds is 2. The highest BCUT2D eigenvalue weighted by atomic mass is 15.1. The number of hydrogen-bond acceptors (Lipinski definition) is 2. The molecular weight excluding hydrogens is 222 g/mol. The molecule has 0 aliphatic carbocycles. The van der Waals surface area contributed by atoms with Gasteiger partial charge in [0.15, 0.2) is 0 Å². The first-order valence-corrected chi connectivity index (χ1v) is 6.02. The summed E-state index contributed by atoms with van der Waals surface area (Å²) in [5, 5.41) is 0. The number of hydrogen-bond donors (Lipinski definition) is 1. The van der Waals surface area contributed by atoms with Crippen LogP contribution in [0.1, 0.15) is 17.0 Å². The second-order valence-corrected chi connectivity index (χ2v) is 4.47. The molecule has 0 amide bonds. The zero-order chi connectivity index (χ0) is 12.5. The van der Waals surface area contributed by atoms with Crippen molar-refractivity contribution in [2.24, 2.45) is 0 Å². The zero-order valence-corrected chi connectivity index (χ0v) is 10.3. The molecule has 0 atom stereocenters. The summed E-state index contributed by atoms with van der Waals surface area (Å²) in [7, 11) is 0. The van der Waals surface area contributed by atoms with E-state index in [-0.39, 0.29) is 0 Å². The molecule has 0 spiro atoms. The highest BCUT2D eigenvalue weighted by molar-refractivity contribution is 5.55. The molecule has 2 heterocycles. The molecule has 0 saturated carbocycles. The first kappa shape index (κ1) is 10.8. The van der Waals surface area contributed by atoms with Crippen LogP contribution in [-0.2, 0) is 6.42 Å². The van der Waals surface area contributed by atoms with Crippen molar-refractivity contribution in [3.05, 3.63) is 65.5 Å². The fourth-order valence-corrected chi connectivity index (χ4v) is 2.25. The fourth-order valence-electron chi connectivity index (χ4n) is 2.25. The molecule has 18 heavy (non-hydrogen) atoms. The lowest BCUT2D eigenvalue weighted by molar-refractivity contribution is 1.09. The smallest absolute Gasteiger partial charge is 0.138 e. The van der Waals surface area contributed by atoms with Crippen molar-refractivity contribution in [1.82, 2.24) is 9.38 Å². The van der Waals surface area contributed by atoms with Gasteiger partial charge in [-0.15, -0.1) is 0 Å². The fraction of sp³-hybridized carbons (Fsp3) is 0.133. The summed E-state index contributed by atoms with van der Waals surface area (Å²) in [6, 6.07) is 16.3. The molecule has 0 bridgehead atoms. The maximum atomic E-state index is 6.19. The van der Waals surface area contributed by atoms with Crippen LogP contribution >= 0.6 is 0 Å². The summed E-state index contributed by atoms with van der Waals surface area (Å²) in [5.74, 6) is 0.743. The molecule has 3 nitrogen and oxygen atoms in total. The number of aryl methyl sites for hydroxylation is 1. The van der Waals surface area contributed by atoms with Crippen molar-refractivity contribution in [3.8, 4) is 0 Å². The first-order chi connectivity index (χ1) is 8.75. The Kier molecular flexibility index (Phi) is 2.52. The number of pyridine rings is 1. The van der Waals surface area contributed by atoms with Crippen LogP contribution in [0, 0.1) is 6.92 Å². The molecular formula is C15H15N3. The molecule has 90 valence electrons. The second kappa shape index (κ2) is 4.18. The summed E-state index contributed by atoms with van der Waals surface area (Å²) in [6.45, 7) is 2.04. The third-order valence-corrected chi connectivity index (χ3v) is 3.17. The van der Waals surface area contributed by atoms with Gasteiger partial charge >= 0.3 is 0 Å². The van der Waals surface area contributed by atoms with Crippen LogP contribution < -0.4 is 5.73 Å². The minimum atomic E-state index is 0.743. The third kappa shape index (κ3) is 1.74. The maximum Gasteiger partial charge on any atom is 0.138 e. The SMILES string of the molecule is Cc1cccc2nc(Cc3ccccc3)c(N)n12. The Balaban J connectivity index is 2.08. The molecule has 0 aliphatic rings. The van der Waals surface area contributed by atoms with Gasteiger partial charge in [-0.05, 0) is 24.6 Å². The highest BCUT2D eigenvalue weighted by Crippen LogP contribution is 2.19. The lowest BCUT2D eigenvalue weighted by Crippen LogP contribution is -1.99. The molecule has 3 aromatic rings. The van der Waals surface area contributed by atoms with Crippen LogP contribution in [0.2, 0.25) is 0 Å². The van der Waals surface area contributed by atoms with Gasteiger partial charge in [0, 0.05) is 12.1 Å². The average molecular weight is 237 g/mol. The minimum absolute atomic E-state index is 0.743. The van der Waals surface area contributed by atoms with Crippen molar-refractivity contribution in [2.45, 2.75) is 13.3 Å². The lowest BCUT2D eigenvalue weighted by Gasteiger charge is -2.02. The number of nitrogens with zero attached hydrogens (tertiary/aromatic N) is 2. The van der Waals surface area contributed by atoms with E-state index in [1.165, 1.54) is 5.56 Å². The standard InChI is InChI=1S/C15H15N3/c1-11-6-5-9-14-17-13(15(16)18(11)14)10-12-7-3-2-4-8-12/h2-9H,10,16H2,1H3. The van der Waals surface area contributed by atoms with Crippen LogP contribution in [0.15, 0.2) is 48.5 Å². The maximum absolute atomic E-state index is 6.19. The molecule has 3 heteroatoms. The van der Waals surface area contributed by atoms with E-state index in [4.69, 9.17) is 5.73 Å². The van der Waals surface area contributed by atoms with E-state index in [0.717, 1.165) is 29.3 Å². The Morgan fingerprint density at radius 1 is 1.06 bits per heavy atom. The van der Waals surface area contributed by atoms with E-state index >= 15 is 0 Å². The molecule has 3 rings (SSSR count). The van der Waals surface area contributed by atoms with Crippen LogP contribution in [0.3, 0.4) is 0 Å². The normalized spacial score (nSPS) is 10.9. The Morgan fingerprint density at radius 3 is 2.56 bits per heavy atom. The van der Waals surface area contributed by atoms with Gasteiger partial charge in [-0.2, -0.15) is 0 Å². The largest absolute Gasteiger partial charge is 0.383 e. The Hall–Kier alpha value is -2.29. The van der Waals surface area contributed by atoms with Crippen molar-refractivity contribution in [3.63, 3.8) is 0 Å². The third-order valence-electron chi connectivity index (χ3n) is 3.17. The number of benzene rings is 1. The Morgan fingerprint density at radius 2 is 1.83 bits per heavy atom. The van der Waals surface area contributed by atoms with Gasteiger partial charge in [0.25, 0.3) is 0 Å². The number of anilines is 1. The predicted octanol–water partition coefficient (Wildman–Crippen LogP) is 2.82. The van der Waals surface area contributed by atoms with Gasteiger partial charge in [0.05, 0.1) is 5.69 Å². The van der Waals surface area contributed by atoms with Gasteiger partial charge in [-0.25, -0.2) is 4.98 Å². The molecule has 0 unspecified atom stereocenters. The number of aromatic nitrogens is 2. The second-order valence-electron chi connectivity index (χ2n) is 4.47. The van der Waals surface area contributed by atoms with Gasteiger partial charge in [-0.1, -0.05) is 36.4 Å². The molecule has 2 N–H and O–H groups in total. The first-order valence-electron chi connectivity index (χ1n) is 6.02. The van der Waals surface area contributed by atoms with Gasteiger partial charge < -0.3 is 5.73 Å². The topological polar surface area (TPSA) is 43.3 Å². The highest BCUT2D eigenvalue weighted by Gasteiger charge is 2.10. The summed E-state index contributed by atoms with van der Waals surface area (Å²) >= 11 is 0. The van der Waals surface area contributed by atoms with Crippen LogP contribution in [0.4, 0.5) is 5.82 Å². The van der Waals surface area contributed by atoms with Gasteiger partial charge in [0.2, 0.25) is 0 Å². The quantitative estimate of drug-likeness (QED) is 0.744. The van der Waals surface area contributed by atoms with Crippen LogP contribution in [-0.4, -0.2) is 9.38 Å². The molecule has 0 aliphatic heterocycles. The number of fused-ring (bicyclic) bond motifs is 1. The van der Waals surface area contributed by atoms with Crippen LogP contribution in [0.25, 0.3) is 5.65 Å². The number of nitrogens with two attached hydrogens (primary N) is 1. The number of imidazole rings is 1. The minimum Gasteiger partial charge on any atom is -0.383 e. The predicted molar refractivity (Wildman–Crippen MR) is 73.6 cm³/mol. The van der Waals surface area contributed by atoms with Crippen LogP contribution in [0.5, 0.6) is 0 Å². The summed E-state index contributed by atoms with van der Waals surface area (Å²) in [4.78, 5) is 4.61. The molecule has 2 aromatic heterocycles.